The van der Waals surface area contributed by atoms with Gasteiger partial charge in [-0.2, -0.15) is 0 Å². The van der Waals surface area contributed by atoms with Crippen LogP contribution < -0.4 is 0 Å². The number of fused-ring (bicyclic) bond motifs is 3. The second-order valence-electron chi connectivity index (χ2n) is 9.42. The predicted molar refractivity (Wildman–Crippen MR) is 147 cm³/mol. The van der Waals surface area contributed by atoms with Crippen LogP contribution in [-0.4, -0.2) is 8.42 Å². The zero-order valence-electron chi connectivity index (χ0n) is 20.2. The molecule has 0 saturated heterocycles. The molecule has 0 fully saturated rings. The molecule has 2 aromatic carbocycles. The molecule has 0 unspecified atom stereocenters. The number of rotatable bonds is 14. The van der Waals surface area contributed by atoms with E-state index in [4.69, 9.17) is 0 Å². The van der Waals surface area contributed by atoms with Gasteiger partial charge in [-0.1, -0.05) is 110 Å². The van der Waals surface area contributed by atoms with Crippen molar-refractivity contribution in [3.8, 4) is 11.1 Å². The summed E-state index contributed by atoms with van der Waals surface area (Å²) < 4.78 is 28.4. The van der Waals surface area contributed by atoms with Crippen LogP contribution in [0.1, 0.15) is 102 Å². The van der Waals surface area contributed by atoms with Gasteiger partial charge in [0.15, 0.2) is 0 Å². The first kappa shape index (κ1) is 26.9. The van der Waals surface area contributed by atoms with Crippen molar-refractivity contribution in [1.82, 2.24) is 0 Å². The highest BCUT2D eigenvalue weighted by molar-refractivity contribution is 9.10. The lowest BCUT2D eigenvalue weighted by Crippen LogP contribution is -1.98. The Morgan fingerprint density at radius 3 is 1.33 bits per heavy atom. The molecule has 33 heavy (non-hydrogen) atoms. The molecule has 1 aliphatic rings. The molecule has 1 heterocycles. The Hall–Kier alpha value is -0.650. The molecule has 0 amide bonds. The van der Waals surface area contributed by atoms with Gasteiger partial charge in [-0.05, 0) is 61.1 Å². The van der Waals surface area contributed by atoms with Crippen molar-refractivity contribution < 1.29 is 8.42 Å². The van der Waals surface area contributed by atoms with E-state index < -0.39 is 9.84 Å². The third-order valence-electron chi connectivity index (χ3n) is 6.77. The summed E-state index contributed by atoms with van der Waals surface area (Å²) in [4.78, 5) is 0.888. The van der Waals surface area contributed by atoms with Gasteiger partial charge in [-0.3, -0.25) is 0 Å². The molecular formula is C28H38Br2O2S. The van der Waals surface area contributed by atoms with Crippen LogP contribution in [0.2, 0.25) is 0 Å². The van der Waals surface area contributed by atoms with Gasteiger partial charge < -0.3 is 0 Å². The fourth-order valence-electron chi connectivity index (χ4n) is 4.76. The molecule has 1 aliphatic heterocycles. The average Bonchev–Trinajstić information content (AvgIpc) is 2.99. The number of hydrogen-bond donors (Lipinski definition) is 0. The number of aryl methyl sites for hydroxylation is 2. The summed E-state index contributed by atoms with van der Waals surface area (Å²) >= 11 is 7.31. The predicted octanol–water partition coefficient (Wildman–Crippen LogP) is 9.83. The van der Waals surface area contributed by atoms with Crippen LogP contribution in [-0.2, 0) is 22.7 Å². The van der Waals surface area contributed by atoms with Gasteiger partial charge in [0.05, 0.1) is 9.79 Å². The van der Waals surface area contributed by atoms with Gasteiger partial charge in [-0.25, -0.2) is 8.42 Å². The van der Waals surface area contributed by atoms with E-state index in [1.165, 1.54) is 75.3 Å². The summed E-state index contributed by atoms with van der Waals surface area (Å²) in [5, 5.41) is 0. The van der Waals surface area contributed by atoms with Crippen molar-refractivity contribution in [2.75, 3.05) is 0 Å². The normalized spacial score (nSPS) is 13.8. The van der Waals surface area contributed by atoms with Crippen LogP contribution in [0.25, 0.3) is 11.1 Å². The van der Waals surface area contributed by atoms with E-state index in [0.29, 0.717) is 9.79 Å². The lowest BCUT2D eigenvalue weighted by molar-refractivity contribution is 0.598. The molecule has 0 aliphatic carbocycles. The van der Waals surface area contributed by atoms with Gasteiger partial charge >= 0.3 is 0 Å². The Morgan fingerprint density at radius 2 is 0.939 bits per heavy atom. The van der Waals surface area contributed by atoms with Gasteiger partial charge in [0.2, 0.25) is 9.84 Å². The van der Waals surface area contributed by atoms with E-state index in [2.05, 4.69) is 57.8 Å². The minimum atomic E-state index is -3.47. The van der Waals surface area contributed by atoms with Crippen molar-refractivity contribution in [3.05, 3.63) is 44.3 Å². The zero-order chi connectivity index (χ0) is 23.8. The van der Waals surface area contributed by atoms with Crippen molar-refractivity contribution in [2.45, 2.75) is 114 Å². The van der Waals surface area contributed by atoms with E-state index in [9.17, 15) is 8.42 Å². The fourth-order valence-corrected chi connectivity index (χ4v) is 7.84. The van der Waals surface area contributed by atoms with Crippen LogP contribution in [0, 0.1) is 0 Å². The van der Waals surface area contributed by atoms with Crippen molar-refractivity contribution in [3.63, 3.8) is 0 Å². The van der Waals surface area contributed by atoms with Crippen molar-refractivity contribution in [1.29, 1.82) is 0 Å². The van der Waals surface area contributed by atoms with Crippen LogP contribution in [0.5, 0.6) is 0 Å². The van der Waals surface area contributed by atoms with E-state index >= 15 is 0 Å². The summed E-state index contributed by atoms with van der Waals surface area (Å²) in [6.45, 7) is 4.48. The SMILES string of the molecule is CCCCCCCCc1cc2c(cc1Br)S(=O)(=O)c1cc(Br)c(CCCCCCCC)cc1-2. The van der Waals surface area contributed by atoms with Crippen molar-refractivity contribution >= 4 is 41.7 Å². The molecule has 0 N–H and O–H groups in total. The minimum absolute atomic E-state index is 0.444. The van der Waals surface area contributed by atoms with E-state index in [1.807, 2.05) is 12.1 Å². The first-order chi connectivity index (χ1) is 15.9. The summed E-state index contributed by atoms with van der Waals surface area (Å²) in [5.74, 6) is 0. The van der Waals surface area contributed by atoms with E-state index in [1.54, 1.807) is 0 Å². The summed E-state index contributed by atoms with van der Waals surface area (Å²) in [7, 11) is -3.47. The molecule has 0 spiro atoms. The maximum Gasteiger partial charge on any atom is 0.207 e. The van der Waals surface area contributed by atoms with Gasteiger partial charge in [0.25, 0.3) is 0 Å². The Balaban J connectivity index is 1.78. The topological polar surface area (TPSA) is 34.1 Å². The molecule has 3 rings (SSSR count). The molecule has 2 aromatic rings. The number of benzene rings is 2. The Bertz CT molecular complexity index is 967. The average molecular weight is 598 g/mol. The summed E-state index contributed by atoms with van der Waals surface area (Å²) in [6, 6.07) is 7.91. The molecule has 2 nitrogen and oxygen atoms in total. The van der Waals surface area contributed by atoms with Crippen LogP contribution >= 0.6 is 31.9 Å². The molecule has 0 aromatic heterocycles. The number of halogens is 2. The van der Waals surface area contributed by atoms with Crippen molar-refractivity contribution in [2.24, 2.45) is 0 Å². The van der Waals surface area contributed by atoms with Crippen LogP contribution in [0.4, 0.5) is 0 Å². The van der Waals surface area contributed by atoms with Gasteiger partial charge in [0.1, 0.15) is 0 Å². The van der Waals surface area contributed by atoms with Crippen LogP contribution in [0.3, 0.4) is 0 Å². The smallest absolute Gasteiger partial charge is 0.207 e. The highest BCUT2D eigenvalue weighted by Gasteiger charge is 2.34. The maximum absolute atomic E-state index is 13.3. The molecule has 0 radical (unpaired) electrons. The Morgan fingerprint density at radius 1 is 0.576 bits per heavy atom. The van der Waals surface area contributed by atoms with Gasteiger partial charge in [-0.15, -0.1) is 0 Å². The molecule has 182 valence electrons. The number of sulfone groups is 1. The molecule has 5 heteroatoms. The highest BCUT2D eigenvalue weighted by Crippen LogP contribution is 2.47. The summed E-state index contributed by atoms with van der Waals surface area (Å²) in [6.07, 6.45) is 17.0. The first-order valence-electron chi connectivity index (χ1n) is 12.8. The quantitative estimate of drug-likeness (QED) is 0.173. The van der Waals surface area contributed by atoms with Gasteiger partial charge in [0, 0.05) is 20.1 Å². The minimum Gasteiger partial charge on any atom is -0.218 e. The second-order valence-corrected chi connectivity index (χ2v) is 13.0. The molecule has 0 bridgehead atoms. The first-order valence-corrected chi connectivity index (χ1v) is 15.9. The maximum atomic E-state index is 13.3. The Labute approximate surface area is 218 Å². The Kier molecular flexibility index (Phi) is 10.5. The lowest BCUT2D eigenvalue weighted by atomic mass is 9.97. The van der Waals surface area contributed by atoms with E-state index in [0.717, 1.165) is 45.8 Å². The monoisotopic (exact) mass is 596 g/mol. The largest absolute Gasteiger partial charge is 0.218 e. The molecule has 0 saturated carbocycles. The lowest BCUT2D eigenvalue weighted by Gasteiger charge is -2.10. The number of hydrogen-bond acceptors (Lipinski definition) is 2. The van der Waals surface area contributed by atoms with E-state index in [-0.39, 0.29) is 0 Å². The fraction of sp³-hybridized carbons (Fsp3) is 0.571. The zero-order valence-corrected chi connectivity index (χ0v) is 24.2. The molecule has 0 atom stereocenters. The number of unbranched alkanes of at least 4 members (excludes halogenated alkanes) is 10. The molecular weight excluding hydrogens is 560 g/mol. The highest BCUT2D eigenvalue weighted by atomic mass is 79.9. The summed E-state index contributed by atoms with van der Waals surface area (Å²) in [5.41, 5.74) is 4.19. The third kappa shape index (κ3) is 6.73. The standard InChI is InChI=1S/C28H38Br2O2S/c1-3-5-7-9-11-13-15-21-17-23-24-18-22(16-14-12-10-8-6-4-2)26(30)20-28(24)33(31,32)27(23)19-25(21)29/h17-20H,3-16H2,1-2H3. The van der Waals surface area contributed by atoms with Crippen LogP contribution in [0.15, 0.2) is 43.0 Å². The second kappa shape index (κ2) is 12.9. The third-order valence-corrected chi connectivity index (χ3v) is 10.1.